The van der Waals surface area contributed by atoms with Crippen molar-refractivity contribution in [1.82, 2.24) is 9.55 Å². The molecule has 0 amide bonds. The summed E-state index contributed by atoms with van der Waals surface area (Å²) in [4.78, 5) is 4.09. The molecule has 0 fully saturated rings. The van der Waals surface area contributed by atoms with Gasteiger partial charge in [-0.2, -0.15) is 0 Å². The third kappa shape index (κ3) is 1.32. The van der Waals surface area contributed by atoms with Crippen LogP contribution in [-0.2, 0) is 5.54 Å². The van der Waals surface area contributed by atoms with E-state index in [4.69, 9.17) is 0 Å². The summed E-state index contributed by atoms with van der Waals surface area (Å²) in [5.74, 6) is 0. The molecule has 0 saturated heterocycles. The molecule has 0 atom stereocenters. The van der Waals surface area contributed by atoms with Crippen molar-refractivity contribution in [2.45, 2.75) is 26.3 Å². The van der Waals surface area contributed by atoms with E-state index in [9.17, 15) is 0 Å². The molecule has 2 heterocycles. The van der Waals surface area contributed by atoms with Crippen molar-refractivity contribution < 1.29 is 0 Å². The van der Waals surface area contributed by atoms with E-state index in [1.165, 1.54) is 10.9 Å². The van der Waals surface area contributed by atoms with Crippen LogP contribution in [0.3, 0.4) is 0 Å². The molecule has 13 heavy (non-hydrogen) atoms. The molecular formula is C11H14N2. The number of pyridine rings is 1. The van der Waals surface area contributed by atoms with E-state index in [1.54, 1.807) is 0 Å². The minimum atomic E-state index is 0.142. The number of nitrogens with zero attached hydrogens (tertiary/aromatic N) is 2. The maximum Gasteiger partial charge on any atom is 0.0516 e. The predicted octanol–water partition coefficient (Wildman–Crippen LogP) is 2.79. The van der Waals surface area contributed by atoms with Crippen LogP contribution in [0.4, 0.5) is 0 Å². The lowest BCUT2D eigenvalue weighted by molar-refractivity contribution is 0.411. The van der Waals surface area contributed by atoms with E-state index in [0.29, 0.717) is 0 Å². The van der Waals surface area contributed by atoms with E-state index in [2.05, 4.69) is 48.7 Å². The number of rotatable bonds is 0. The van der Waals surface area contributed by atoms with Crippen molar-refractivity contribution in [2.24, 2.45) is 0 Å². The molecule has 0 N–H and O–H groups in total. The van der Waals surface area contributed by atoms with Crippen molar-refractivity contribution >= 4 is 10.9 Å². The van der Waals surface area contributed by atoms with Crippen LogP contribution in [0, 0.1) is 0 Å². The van der Waals surface area contributed by atoms with Gasteiger partial charge in [0.15, 0.2) is 0 Å². The zero-order valence-electron chi connectivity index (χ0n) is 8.28. The monoisotopic (exact) mass is 174 g/mol. The molecule has 0 radical (unpaired) electrons. The highest BCUT2D eigenvalue weighted by atomic mass is 15.0. The fourth-order valence-corrected chi connectivity index (χ4v) is 1.57. The summed E-state index contributed by atoms with van der Waals surface area (Å²) in [6.07, 6.45) is 5.86. The Kier molecular flexibility index (Phi) is 1.65. The highest BCUT2D eigenvalue weighted by Gasteiger charge is 2.14. The van der Waals surface area contributed by atoms with Gasteiger partial charge in [-0.25, -0.2) is 0 Å². The smallest absolute Gasteiger partial charge is 0.0516 e. The lowest BCUT2D eigenvalue weighted by Gasteiger charge is -2.22. The zero-order valence-corrected chi connectivity index (χ0v) is 8.28. The highest BCUT2D eigenvalue weighted by Crippen LogP contribution is 2.22. The van der Waals surface area contributed by atoms with E-state index in [-0.39, 0.29) is 5.54 Å². The Balaban J connectivity index is 2.72. The average molecular weight is 174 g/mol. The van der Waals surface area contributed by atoms with Crippen LogP contribution in [0.25, 0.3) is 10.9 Å². The molecule has 0 saturated carbocycles. The summed E-state index contributed by atoms with van der Waals surface area (Å²) in [6, 6.07) is 4.16. The van der Waals surface area contributed by atoms with Crippen LogP contribution < -0.4 is 0 Å². The van der Waals surface area contributed by atoms with Crippen LogP contribution in [-0.4, -0.2) is 9.55 Å². The zero-order chi connectivity index (χ0) is 9.47. The first-order valence-electron chi connectivity index (χ1n) is 4.50. The van der Waals surface area contributed by atoms with Crippen molar-refractivity contribution in [3.05, 3.63) is 30.7 Å². The van der Waals surface area contributed by atoms with E-state index < -0.39 is 0 Å². The molecule has 2 rings (SSSR count). The molecular weight excluding hydrogens is 160 g/mol. The predicted molar refractivity (Wildman–Crippen MR) is 54.7 cm³/mol. The first-order valence-corrected chi connectivity index (χ1v) is 4.50. The molecule has 0 aromatic carbocycles. The number of hydrogen-bond acceptors (Lipinski definition) is 1. The van der Waals surface area contributed by atoms with Gasteiger partial charge in [-0.1, -0.05) is 0 Å². The molecule has 0 bridgehead atoms. The Hall–Kier alpha value is -1.31. The van der Waals surface area contributed by atoms with Gasteiger partial charge >= 0.3 is 0 Å². The number of aromatic nitrogens is 2. The molecule has 2 heteroatoms. The SMILES string of the molecule is CC(C)(C)n1ccc2cnccc21. The maximum atomic E-state index is 4.09. The normalized spacial score (nSPS) is 12.2. The van der Waals surface area contributed by atoms with Crippen LogP contribution in [0.2, 0.25) is 0 Å². The summed E-state index contributed by atoms with van der Waals surface area (Å²) in [5.41, 5.74) is 1.39. The molecule has 0 aliphatic heterocycles. The van der Waals surface area contributed by atoms with Gasteiger partial charge in [-0.05, 0) is 32.9 Å². The van der Waals surface area contributed by atoms with Crippen LogP contribution in [0.5, 0.6) is 0 Å². The molecule has 2 aromatic heterocycles. The van der Waals surface area contributed by atoms with Crippen molar-refractivity contribution in [1.29, 1.82) is 0 Å². The Morgan fingerprint density at radius 2 is 2.00 bits per heavy atom. The molecule has 2 nitrogen and oxygen atoms in total. The quantitative estimate of drug-likeness (QED) is 0.600. The van der Waals surface area contributed by atoms with Crippen LogP contribution in [0.1, 0.15) is 20.8 Å². The molecule has 0 aliphatic carbocycles. The van der Waals surface area contributed by atoms with Crippen molar-refractivity contribution in [2.75, 3.05) is 0 Å². The largest absolute Gasteiger partial charge is 0.342 e. The third-order valence-corrected chi connectivity index (χ3v) is 2.21. The van der Waals surface area contributed by atoms with Gasteiger partial charge < -0.3 is 4.57 Å². The Bertz CT molecular complexity index is 421. The van der Waals surface area contributed by atoms with Crippen molar-refractivity contribution in [3.63, 3.8) is 0 Å². The minimum Gasteiger partial charge on any atom is -0.342 e. The summed E-state index contributed by atoms with van der Waals surface area (Å²) in [6.45, 7) is 6.60. The van der Waals surface area contributed by atoms with E-state index in [1.807, 2.05) is 12.4 Å². The van der Waals surface area contributed by atoms with Gasteiger partial charge in [0, 0.05) is 29.5 Å². The third-order valence-electron chi connectivity index (χ3n) is 2.21. The van der Waals surface area contributed by atoms with Crippen LogP contribution in [0.15, 0.2) is 30.7 Å². The highest BCUT2D eigenvalue weighted by molar-refractivity contribution is 5.79. The average Bonchev–Trinajstić information content (AvgIpc) is 2.45. The Morgan fingerprint density at radius 3 is 2.69 bits per heavy atom. The summed E-state index contributed by atoms with van der Waals surface area (Å²) >= 11 is 0. The molecule has 68 valence electrons. The van der Waals surface area contributed by atoms with Gasteiger partial charge in [0.2, 0.25) is 0 Å². The van der Waals surface area contributed by atoms with E-state index in [0.717, 1.165) is 0 Å². The lowest BCUT2D eigenvalue weighted by atomic mass is 10.1. The first-order chi connectivity index (χ1) is 6.09. The second-order valence-corrected chi connectivity index (χ2v) is 4.29. The van der Waals surface area contributed by atoms with E-state index >= 15 is 0 Å². The topological polar surface area (TPSA) is 17.8 Å². The van der Waals surface area contributed by atoms with Gasteiger partial charge in [0.25, 0.3) is 0 Å². The van der Waals surface area contributed by atoms with Crippen molar-refractivity contribution in [3.8, 4) is 0 Å². The molecule has 0 aliphatic rings. The van der Waals surface area contributed by atoms with Gasteiger partial charge in [-0.15, -0.1) is 0 Å². The van der Waals surface area contributed by atoms with Gasteiger partial charge in [0.1, 0.15) is 0 Å². The summed E-state index contributed by atoms with van der Waals surface area (Å²) < 4.78 is 2.27. The molecule has 2 aromatic rings. The summed E-state index contributed by atoms with van der Waals surface area (Å²) in [7, 11) is 0. The maximum absolute atomic E-state index is 4.09. The minimum absolute atomic E-state index is 0.142. The fourth-order valence-electron chi connectivity index (χ4n) is 1.57. The number of hydrogen-bond donors (Lipinski definition) is 0. The Morgan fingerprint density at radius 1 is 1.23 bits per heavy atom. The second kappa shape index (κ2) is 2.59. The Labute approximate surface area is 78.2 Å². The second-order valence-electron chi connectivity index (χ2n) is 4.29. The molecule has 0 spiro atoms. The standard InChI is InChI=1S/C11H14N2/c1-11(2,3)13-7-5-9-8-12-6-4-10(9)13/h4-8H,1-3H3. The van der Waals surface area contributed by atoms with Crippen LogP contribution >= 0.6 is 0 Å². The fraction of sp³-hybridized carbons (Fsp3) is 0.364. The van der Waals surface area contributed by atoms with Gasteiger partial charge in [0.05, 0.1) is 5.52 Å². The summed E-state index contributed by atoms with van der Waals surface area (Å²) in [5, 5.41) is 1.21. The lowest BCUT2D eigenvalue weighted by Crippen LogP contribution is -2.20. The molecule has 0 unspecified atom stereocenters. The van der Waals surface area contributed by atoms with Gasteiger partial charge in [-0.3, -0.25) is 4.98 Å². The number of fused-ring (bicyclic) bond motifs is 1. The first kappa shape index (κ1) is 8.30.